The summed E-state index contributed by atoms with van der Waals surface area (Å²) in [6, 6.07) is 5.18. The summed E-state index contributed by atoms with van der Waals surface area (Å²) in [4.78, 5) is 1.54. The highest BCUT2D eigenvalue weighted by Crippen LogP contribution is 2.34. The summed E-state index contributed by atoms with van der Waals surface area (Å²) in [5, 5.41) is 5.90. The molecule has 1 nitrogen and oxygen atoms in total. The molecule has 2 heteroatoms. The molecule has 3 atom stereocenters. The van der Waals surface area contributed by atoms with Crippen molar-refractivity contribution < 1.29 is 0 Å². The van der Waals surface area contributed by atoms with Gasteiger partial charge >= 0.3 is 0 Å². The number of hydrogen-bond donors (Lipinski definition) is 1. The molecule has 0 spiro atoms. The maximum atomic E-state index is 3.71. The number of nitrogens with one attached hydrogen (secondary N) is 1. The van der Waals surface area contributed by atoms with Crippen LogP contribution in [0.5, 0.6) is 0 Å². The third kappa shape index (κ3) is 3.82. The largest absolute Gasteiger partial charge is 0.314 e. The molecule has 1 aromatic rings. The average molecular weight is 251 g/mol. The molecule has 0 aliphatic heterocycles. The van der Waals surface area contributed by atoms with Crippen LogP contribution in [0.1, 0.15) is 44.4 Å². The van der Waals surface area contributed by atoms with Crippen molar-refractivity contribution in [3.8, 4) is 0 Å². The summed E-state index contributed by atoms with van der Waals surface area (Å²) in [7, 11) is 0. The van der Waals surface area contributed by atoms with Gasteiger partial charge in [0.25, 0.3) is 0 Å². The van der Waals surface area contributed by atoms with Crippen LogP contribution in [0.25, 0.3) is 0 Å². The van der Waals surface area contributed by atoms with Crippen molar-refractivity contribution in [2.24, 2.45) is 11.8 Å². The van der Waals surface area contributed by atoms with E-state index in [0.717, 1.165) is 24.4 Å². The topological polar surface area (TPSA) is 12.0 Å². The summed E-state index contributed by atoms with van der Waals surface area (Å²) >= 11 is 1.90. The van der Waals surface area contributed by atoms with Crippen molar-refractivity contribution in [3.05, 3.63) is 22.4 Å². The quantitative estimate of drug-likeness (QED) is 0.803. The van der Waals surface area contributed by atoms with E-state index in [9.17, 15) is 0 Å². The molecule has 1 N–H and O–H groups in total. The minimum atomic E-state index is 0.743. The van der Waals surface area contributed by atoms with Crippen LogP contribution in [-0.4, -0.2) is 12.6 Å². The molecule has 1 aliphatic rings. The van der Waals surface area contributed by atoms with E-state index in [1.54, 1.807) is 4.88 Å². The predicted molar refractivity (Wildman–Crippen MR) is 76.6 cm³/mol. The second kappa shape index (κ2) is 6.55. The van der Waals surface area contributed by atoms with Crippen molar-refractivity contribution in [1.29, 1.82) is 0 Å². The molecule has 96 valence electrons. The van der Waals surface area contributed by atoms with Gasteiger partial charge in [0.1, 0.15) is 0 Å². The van der Waals surface area contributed by atoms with Crippen LogP contribution in [0, 0.1) is 11.8 Å². The zero-order valence-electron chi connectivity index (χ0n) is 11.1. The standard InChI is InChI=1S/C15H25NS/c1-3-16-15(13-7-6-12(2)11-13)9-8-14-5-4-10-17-14/h4-5,10,12-13,15-16H,3,6-9,11H2,1-2H3. The highest BCUT2D eigenvalue weighted by Gasteiger charge is 2.27. The molecule has 1 saturated carbocycles. The van der Waals surface area contributed by atoms with E-state index in [-0.39, 0.29) is 0 Å². The van der Waals surface area contributed by atoms with E-state index in [4.69, 9.17) is 0 Å². The molecule has 1 aliphatic carbocycles. The Balaban J connectivity index is 1.84. The zero-order valence-corrected chi connectivity index (χ0v) is 11.9. The molecular formula is C15H25NS. The fraction of sp³-hybridized carbons (Fsp3) is 0.733. The second-order valence-electron chi connectivity index (χ2n) is 5.46. The van der Waals surface area contributed by atoms with Gasteiger partial charge in [-0.05, 0) is 55.5 Å². The van der Waals surface area contributed by atoms with Gasteiger partial charge in [0.15, 0.2) is 0 Å². The first-order valence-corrected chi connectivity index (χ1v) is 7.93. The Morgan fingerprint density at radius 2 is 2.35 bits per heavy atom. The van der Waals surface area contributed by atoms with Crippen molar-refractivity contribution in [2.75, 3.05) is 6.54 Å². The summed E-state index contributed by atoms with van der Waals surface area (Å²) < 4.78 is 0. The van der Waals surface area contributed by atoms with Gasteiger partial charge < -0.3 is 5.32 Å². The Hall–Kier alpha value is -0.340. The molecule has 0 aromatic carbocycles. The summed E-state index contributed by atoms with van der Waals surface area (Å²) in [5.41, 5.74) is 0. The van der Waals surface area contributed by atoms with Gasteiger partial charge in [0.2, 0.25) is 0 Å². The molecule has 17 heavy (non-hydrogen) atoms. The average Bonchev–Trinajstić information content (AvgIpc) is 2.95. The van der Waals surface area contributed by atoms with Gasteiger partial charge in [-0.15, -0.1) is 11.3 Å². The molecule has 0 saturated heterocycles. The molecule has 0 bridgehead atoms. The van der Waals surface area contributed by atoms with Gasteiger partial charge in [0.05, 0.1) is 0 Å². The Morgan fingerprint density at radius 1 is 1.47 bits per heavy atom. The molecule has 1 aromatic heterocycles. The lowest BCUT2D eigenvalue weighted by Gasteiger charge is -2.24. The van der Waals surface area contributed by atoms with Crippen molar-refractivity contribution in [3.63, 3.8) is 0 Å². The monoisotopic (exact) mass is 251 g/mol. The summed E-state index contributed by atoms with van der Waals surface area (Å²) in [6.07, 6.45) is 6.86. The van der Waals surface area contributed by atoms with E-state index in [1.165, 1.54) is 32.1 Å². The maximum absolute atomic E-state index is 3.71. The minimum Gasteiger partial charge on any atom is -0.314 e. The Kier molecular flexibility index (Phi) is 5.05. The van der Waals surface area contributed by atoms with Gasteiger partial charge in [-0.1, -0.05) is 26.3 Å². The first-order chi connectivity index (χ1) is 8.29. The van der Waals surface area contributed by atoms with Crippen molar-refractivity contribution in [1.82, 2.24) is 5.32 Å². The Bertz CT molecular complexity index is 307. The first kappa shape index (κ1) is 13.1. The SMILES string of the molecule is CCNC(CCc1cccs1)C1CCC(C)C1. The normalized spacial score (nSPS) is 26.2. The number of hydrogen-bond acceptors (Lipinski definition) is 2. The smallest absolute Gasteiger partial charge is 0.00987 e. The van der Waals surface area contributed by atoms with E-state index < -0.39 is 0 Å². The van der Waals surface area contributed by atoms with Gasteiger partial charge in [0, 0.05) is 10.9 Å². The highest BCUT2D eigenvalue weighted by atomic mass is 32.1. The molecule has 0 radical (unpaired) electrons. The molecule has 1 fully saturated rings. The Morgan fingerprint density at radius 3 is 2.94 bits per heavy atom. The van der Waals surface area contributed by atoms with Crippen molar-refractivity contribution >= 4 is 11.3 Å². The van der Waals surface area contributed by atoms with Crippen LogP contribution in [0.15, 0.2) is 17.5 Å². The molecule has 0 amide bonds. The lowest BCUT2D eigenvalue weighted by molar-refractivity contribution is 0.339. The molecule has 2 rings (SSSR count). The van der Waals surface area contributed by atoms with E-state index >= 15 is 0 Å². The predicted octanol–water partition coefficient (Wildman–Crippen LogP) is 4.10. The molecule has 1 heterocycles. The minimum absolute atomic E-state index is 0.743. The lowest BCUT2D eigenvalue weighted by Crippen LogP contribution is -2.35. The van der Waals surface area contributed by atoms with Gasteiger partial charge in [-0.25, -0.2) is 0 Å². The molecular weight excluding hydrogens is 226 g/mol. The third-order valence-corrected chi connectivity index (χ3v) is 4.99. The van der Waals surface area contributed by atoms with Crippen molar-refractivity contribution in [2.45, 2.75) is 52.0 Å². The van der Waals surface area contributed by atoms with Crippen LogP contribution >= 0.6 is 11.3 Å². The molecule has 3 unspecified atom stereocenters. The van der Waals surface area contributed by atoms with E-state index in [1.807, 2.05) is 11.3 Å². The maximum Gasteiger partial charge on any atom is 0.00987 e. The van der Waals surface area contributed by atoms with E-state index in [2.05, 4.69) is 36.7 Å². The van der Waals surface area contributed by atoms with Crippen LogP contribution in [-0.2, 0) is 6.42 Å². The third-order valence-electron chi connectivity index (χ3n) is 4.05. The lowest BCUT2D eigenvalue weighted by atomic mass is 9.93. The number of aryl methyl sites for hydroxylation is 1. The van der Waals surface area contributed by atoms with Gasteiger partial charge in [-0.2, -0.15) is 0 Å². The fourth-order valence-electron chi connectivity index (χ4n) is 3.14. The Labute approximate surface area is 110 Å². The number of thiophene rings is 1. The van der Waals surface area contributed by atoms with Crippen LogP contribution in [0.2, 0.25) is 0 Å². The van der Waals surface area contributed by atoms with E-state index in [0.29, 0.717) is 0 Å². The van der Waals surface area contributed by atoms with Gasteiger partial charge in [-0.3, -0.25) is 0 Å². The van der Waals surface area contributed by atoms with Crippen LogP contribution < -0.4 is 5.32 Å². The zero-order chi connectivity index (χ0) is 12.1. The second-order valence-corrected chi connectivity index (χ2v) is 6.49. The highest BCUT2D eigenvalue weighted by molar-refractivity contribution is 7.09. The first-order valence-electron chi connectivity index (χ1n) is 7.05. The number of rotatable bonds is 6. The van der Waals surface area contributed by atoms with Crippen LogP contribution in [0.4, 0.5) is 0 Å². The summed E-state index contributed by atoms with van der Waals surface area (Å²) in [6.45, 7) is 5.75. The fourth-order valence-corrected chi connectivity index (χ4v) is 3.86. The van der Waals surface area contributed by atoms with Crippen LogP contribution in [0.3, 0.4) is 0 Å². The summed E-state index contributed by atoms with van der Waals surface area (Å²) in [5.74, 6) is 1.87.